The summed E-state index contributed by atoms with van der Waals surface area (Å²) in [5.74, 6) is 0. The van der Waals surface area contributed by atoms with E-state index in [2.05, 4.69) is 0 Å². The molecule has 0 saturated heterocycles. The maximum absolute atomic E-state index is 8.52. The van der Waals surface area contributed by atoms with E-state index in [0.29, 0.717) is 0 Å². The average molecular weight is 303 g/mol. The summed E-state index contributed by atoms with van der Waals surface area (Å²) in [5, 5.41) is 0. The summed E-state index contributed by atoms with van der Waals surface area (Å²) in [6.45, 7) is 0. The normalized spacial score (nSPS) is 4.00. The first kappa shape index (κ1) is 15.9. The van der Waals surface area contributed by atoms with E-state index in [4.69, 9.17) is 14.1 Å². The molecule has 0 saturated carbocycles. The van der Waals surface area contributed by atoms with Crippen LogP contribution in [0.5, 0.6) is 0 Å². The molecule has 0 bridgehead atoms. The van der Waals surface area contributed by atoms with Gasteiger partial charge < -0.3 is 16.9 Å². The molecule has 6 heavy (non-hydrogen) atoms. The van der Waals surface area contributed by atoms with Gasteiger partial charge in [-0.25, -0.2) is 0 Å². The van der Waals surface area contributed by atoms with Gasteiger partial charge in [-0.1, -0.05) is 0 Å². The van der Waals surface area contributed by atoms with Gasteiger partial charge in [0.2, 0.25) is 0 Å². The van der Waals surface area contributed by atoms with Crippen LogP contribution in [0.4, 0.5) is 0 Å². The third-order valence-corrected chi connectivity index (χ3v) is 0. The van der Waals surface area contributed by atoms with Gasteiger partial charge in [-0.15, -0.1) is 0 Å². The summed E-state index contributed by atoms with van der Waals surface area (Å²) in [4.78, 5) is 17.0. The minimum Gasteiger partial charge on any atom is -1.00 e. The first-order valence-corrected chi connectivity index (χ1v) is 1.84. The number of hydrogen-bond acceptors (Lipinski definition) is 3. The first-order chi connectivity index (χ1) is 1.73. The Kier molecular flexibility index (Phi) is 28.1. The van der Waals surface area contributed by atoms with Gasteiger partial charge in [0, 0.05) is 9.17 Å². The Morgan fingerprint density at radius 1 is 1.50 bits per heavy atom. The van der Waals surface area contributed by atoms with Crippen molar-refractivity contribution in [1.29, 1.82) is 0 Å². The SMILES string of the molecule is O=[Si]([O-])[O-].[Ba+2].[H-].[H-].[Sr+2]. The van der Waals surface area contributed by atoms with Crippen LogP contribution in [0.25, 0.3) is 0 Å². The van der Waals surface area contributed by atoms with Crippen LogP contribution < -0.4 is 9.59 Å². The van der Waals surface area contributed by atoms with Crippen molar-refractivity contribution in [1.82, 2.24) is 0 Å². The van der Waals surface area contributed by atoms with Crippen LogP contribution in [0.3, 0.4) is 0 Å². The second-order valence-electron chi connectivity index (χ2n) is 0.250. The molecule has 0 unspecified atom stereocenters. The fraction of sp³-hybridized carbons (Fsp3) is 0. The zero-order chi connectivity index (χ0) is 3.58. The van der Waals surface area contributed by atoms with E-state index in [1.165, 1.54) is 0 Å². The van der Waals surface area contributed by atoms with E-state index >= 15 is 0 Å². The molecule has 0 fully saturated rings. The number of rotatable bonds is 0. The molecule has 0 atom stereocenters. The topological polar surface area (TPSA) is 63.2 Å². The summed E-state index contributed by atoms with van der Waals surface area (Å²) >= 11 is 0. The van der Waals surface area contributed by atoms with Crippen LogP contribution in [0.1, 0.15) is 2.85 Å². The maximum Gasteiger partial charge on any atom is 2.00 e. The third kappa shape index (κ3) is 30.1. The van der Waals surface area contributed by atoms with Crippen LogP contribution in [-0.2, 0) is 4.46 Å². The van der Waals surface area contributed by atoms with Crippen LogP contribution >= 0.6 is 0 Å². The predicted octanol–water partition coefficient (Wildman–Crippen LogP) is -3.41. The van der Waals surface area contributed by atoms with Crippen molar-refractivity contribution in [3.63, 3.8) is 0 Å². The zero-order valence-corrected chi connectivity index (χ0v) is 12.1. The molecule has 0 N–H and O–H groups in total. The van der Waals surface area contributed by atoms with E-state index in [-0.39, 0.29) is 97.2 Å². The number of hydrogen-bond donors (Lipinski definition) is 0. The molecule has 0 amide bonds. The molecule has 0 aromatic rings. The second-order valence-corrected chi connectivity index (χ2v) is 0.750. The summed E-state index contributed by atoms with van der Waals surface area (Å²) in [6, 6.07) is 0. The van der Waals surface area contributed by atoms with E-state index in [0.717, 1.165) is 0 Å². The van der Waals surface area contributed by atoms with Gasteiger partial charge in [0.1, 0.15) is 0 Å². The molecule has 0 rings (SSSR count). The molecule has 0 aliphatic rings. The Morgan fingerprint density at radius 3 is 1.50 bits per heavy atom. The minimum atomic E-state index is -3.63. The van der Waals surface area contributed by atoms with Crippen molar-refractivity contribution in [2.24, 2.45) is 0 Å². The first-order valence-electron chi connectivity index (χ1n) is 0.612. The van der Waals surface area contributed by atoms with Gasteiger partial charge in [-0.05, 0) is 0 Å². The van der Waals surface area contributed by atoms with Crippen molar-refractivity contribution in [3.8, 4) is 0 Å². The van der Waals surface area contributed by atoms with E-state index < -0.39 is 9.17 Å². The standard InChI is InChI=1S/Ba.O3Si.Sr.2H/c;1-4(2)3;;;/q+2;-2;+2;2*-1. The van der Waals surface area contributed by atoms with Crippen LogP contribution in [-0.4, -0.2) is 104 Å². The Morgan fingerprint density at radius 2 is 1.50 bits per heavy atom. The van der Waals surface area contributed by atoms with Gasteiger partial charge in [-0.2, -0.15) is 0 Å². The molecule has 28 valence electrons. The predicted molar refractivity (Wildman–Crippen MR) is 20.2 cm³/mol. The van der Waals surface area contributed by atoms with Gasteiger partial charge >= 0.3 is 94.4 Å². The van der Waals surface area contributed by atoms with Crippen molar-refractivity contribution in [3.05, 3.63) is 0 Å². The summed E-state index contributed by atoms with van der Waals surface area (Å²) in [7, 11) is -3.63. The summed E-state index contributed by atoms with van der Waals surface area (Å²) in [5.41, 5.74) is 0. The molecular formula is H2BaO3SiSr. The molecule has 0 aliphatic carbocycles. The van der Waals surface area contributed by atoms with E-state index in [1.807, 2.05) is 0 Å². The molecular weight excluding hydrogens is 301 g/mol. The molecule has 0 radical (unpaired) electrons. The van der Waals surface area contributed by atoms with Gasteiger partial charge in [-0.3, -0.25) is 0 Å². The van der Waals surface area contributed by atoms with Crippen molar-refractivity contribution < 1.29 is 16.9 Å². The minimum absolute atomic E-state index is 0. The Labute approximate surface area is 117 Å². The Balaban J connectivity index is -0.00000000750. The Hall–Kier alpha value is 2.67. The van der Waals surface area contributed by atoms with Crippen LogP contribution in [0.15, 0.2) is 0 Å². The van der Waals surface area contributed by atoms with Gasteiger partial charge in [0.15, 0.2) is 0 Å². The molecule has 0 heterocycles. The van der Waals surface area contributed by atoms with Crippen LogP contribution in [0.2, 0.25) is 0 Å². The largest absolute Gasteiger partial charge is 2.00 e. The Bertz CT molecular complexity index is 40.3. The van der Waals surface area contributed by atoms with Gasteiger partial charge in [0.25, 0.3) is 0 Å². The maximum atomic E-state index is 8.52. The van der Waals surface area contributed by atoms with E-state index in [9.17, 15) is 0 Å². The van der Waals surface area contributed by atoms with Crippen LogP contribution in [0, 0.1) is 0 Å². The molecule has 6 heteroatoms. The van der Waals surface area contributed by atoms with Crippen molar-refractivity contribution in [2.75, 3.05) is 0 Å². The third-order valence-electron chi connectivity index (χ3n) is 0. The van der Waals surface area contributed by atoms with Gasteiger partial charge in [0.05, 0.1) is 0 Å². The monoisotopic (exact) mass is 304 g/mol. The summed E-state index contributed by atoms with van der Waals surface area (Å²) in [6.07, 6.45) is 0. The molecule has 0 spiro atoms. The van der Waals surface area contributed by atoms with Crippen molar-refractivity contribution in [2.45, 2.75) is 0 Å². The van der Waals surface area contributed by atoms with E-state index in [1.54, 1.807) is 0 Å². The molecule has 0 aromatic carbocycles. The smallest absolute Gasteiger partial charge is 1.00 e. The molecule has 0 aliphatic heterocycles. The fourth-order valence-corrected chi connectivity index (χ4v) is 0. The quantitative estimate of drug-likeness (QED) is 0.438. The molecule has 3 nitrogen and oxygen atoms in total. The second kappa shape index (κ2) is 10.6. The molecule has 0 aromatic heterocycles. The van der Waals surface area contributed by atoms with Crippen molar-refractivity contribution >= 4 is 104 Å². The summed E-state index contributed by atoms with van der Waals surface area (Å²) < 4.78 is 8.52. The fourth-order valence-electron chi connectivity index (χ4n) is 0. The zero-order valence-electron chi connectivity index (χ0n) is 5.14. The average Bonchev–Trinajstić information content (AvgIpc) is 0.811.